The van der Waals surface area contributed by atoms with E-state index in [-0.39, 0.29) is 5.60 Å². The van der Waals surface area contributed by atoms with Gasteiger partial charge in [-0.15, -0.1) is 11.3 Å². The molecule has 3 nitrogen and oxygen atoms in total. The summed E-state index contributed by atoms with van der Waals surface area (Å²) in [4.78, 5) is 5.46. The SMILES string of the molecule is CCO[C@@H]1COC2(CCN(Cc3ccc(C)s3)CC2)C1. The first-order valence-electron chi connectivity index (χ1n) is 7.72. The molecule has 2 aliphatic heterocycles. The summed E-state index contributed by atoms with van der Waals surface area (Å²) in [6.45, 7) is 9.23. The van der Waals surface area contributed by atoms with E-state index in [2.05, 4.69) is 30.9 Å². The Bertz CT molecular complexity index is 437. The van der Waals surface area contributed by atoms with Crippen LogP contribution < -0.4 is 0 Å². The van der Waals surface area contributed by atoms with Crippen molar-refractivity contribution in [2.75, 3.05) is 26.3 Å². The number of hydrogen-bond acceptors (Lipinski definition) is 4. The van der Waals surface area contributed by atoms with Gasteiger partial charge in [-0.1, -0.05) is 0 Å². The molecule has 0 saturated carbocycles. The van der Waals surface area contributed by atoms with E-state index in [9.17, 15) is 0 Å². The molecule has 3 rings (SSSR count). The Morgan fingerprint density at radius 3 is 2.85 bits per heavy atom. The number of rotatable bonds is 4. The molecule has 0 bridgehead atoms. The first kappa shape index (κ1) is 14.5. The molecular weight excluding hydrogens is 270 g/mol. The van der Waals surface area contributed by atoms with Crippen LogP contribution in [0, 0.1) is 6.92 Å². The van der Waals surface area contributed by atoms with E-state index in [1.54, 1.807) is 0 Å². The summed E-state index contributed by atoms with van der Waals surface area (Å²) in [6.07, 6.45) is 3.72. The van der Waals surface area contributed by atoms with Gasteiger partial charge in [-0.3, -0.25) is 4.90 Å². The third kappa shape index (κ3) is 3.25. The fourth-order valence-corrected chi connectivity index (χ4v) is 4.34. The van der Waals surface area contributed by atoms with Crippen molar-refractivity contribution in [2.24, 2.45) is 0 Å². The normalized spacial score (nSPS) is 26.4. The van der Waals surface area contributed by atoms with Crippen LogP contribution in [0.5, 0.6) is 0 Å². The maximum Gasteiger partial charge on any atom is 0.0836 e. The molecule has 2 fully saturated rings. The molecule has 2 aliphatic rings. The standard InChI is InChI=1S/C16H25NO2S/c1-3-18-14-10-16(19-12-14)6-8-17(9-7-16)11-15-5-4-13(2)20-15/h4-5,14H,3,6-12H2,1-2H3/t14-/m0/s1. The molecule has 1 spiro atoms. The monoisotopic (exact) mass is 295 g/mol. The first-order valence-corrected chi connectivity index (χ1v) is 8.54. The van der Waals surface area contributed by atoms with Gasteiger partial charge in [0.2, 0.25) is 0 Å². The fraction of sp³-hybridized carbons (Fsp3) is 0.750. The van der Waals surface area contributed by atoms with Crippen LogP contribution >= 0.6 is 11.3 Å². The van der Waals surface area contributed by atoms with Crippen molar-refractivity contribution in [3.63, 3.8) is 0 Å². The van der Waals surface area contributed by atoms with Gasteiger partial charge in [-0.2, -0.15) is 0 Å². The fourth-order valence-electron chi connectivity index (χ4n) is 3.40. The molecule has 0 aromatic carbocycles. The van der Waals surface area contributed by atoms with Gasteiger partial charge in [0, 0.05) is 42.4 Å². The summed E-state index contributed by atoms with van der Waals surface area (Å²) < 4.78 is 11.8. The van der Waals surface area contributed by atoms with Crippen molar-refractivity contribution in [2.45, 2.75) is 51.4 Å². The lowest BCUT2D eigenvalue weighted by molar-refractivity contribution is -0.0463. The van der Waals surface area contributed by atoms with Crippen LogP contribution in [-0.4, -0.2) is 42.9 Å². The minimum atomic E-state index is 0.113. The van der Waals surface area contributed by atoms with Crippen LogP contribution in [0.3, 0.4) is 0 Å². The van der Waals surface area contributed by atoms with Gasteiger partial charge in [0.25, 0.3) is 0 Å². The Labute approximate surface area is 125 Å². The molecule has 2 saturated heterocycles. The third-order valence-electron chi connectivity index (χ3n) is 4.52. The molecule has 3 heterocycles. The molecule has 20 heavy (non-hydrogen) atoms. The van der Waals surface area contributed by atoms with Crippen molar-refractivity contribution in [3.8, 4) is 0 Å². The maximum absolute atomic E-state index is 6.10. The summed E-state index contributed by atoms with van der Waals surface area (Å²) in [6, 6.07) is 4.49. The molecule has 112 valence electrons. The van der Waals surface area contributed by atoms with Gasteiger partial charge < -0.3 is 9.47 Å². The van der Waals surface area contributed by atoms with Crippen LogP contribution in [0.15, 0.2) is 12.1 Å². The van der Waals surface area contributed by atoms with Crippen LogP contribution in [0.2, 0.25) is 0 Å². The second-order valence-corrected chi connectivity index (χ2v) is 7.44. The Hall–Kier alpha value is -0.420. The zero-order valence-corrected chi connectivity index (χ0v) is 13.4. The van der Waals surface area contributed by atoms with Gasteiger partial charge in [0.1, 0.15) is 0 Å². The van der Waals surface area contributed by atoms with Crippen molar-refractivity contribution < 1.29 is 9.47 Å². The summed E-state index contributed by atoms with van der Waals surface area (Å²) in [5.74, 6) is 0. The molecule has 1 aromatic rings. The van der Waals surface area contributed by atoms with Crippen LogP contribution in [0.4, 0.5) is 0 Å². The number of nitrogens with zero attached hydrogens (tertiary/aromatic N) is 1. The van der Waals surface area contributed by atoms with Crippen molar-refractivity contribution >= 4 is 11.3 Å². The highest BCUT2D eigenvalue weighted by Gasteiger charge is 2.42. The van der Waals surface area contributed by atoms with Crippen molar-refractivity contribution in [3.05, 3.63) is 21.9 Å². The minimum Gasteiger partial charge on any atom is -0.376 e. The average Bonchev–Trinajstić information content (AvgIpc) is 3.01. The molecule has 0 N–H and O–H groups in total. The molecule has 0 aliphatic carbocycles. The topological polar surface area (TPSA) is 21.7 Å². The molecule has 0 amide bonds. The average molecular weight is 295 g/mol. The number of piperidine rings is 1. The van der Waals surface area contributed by atoms with Crippen LogP contribution in [0.25, 0.3) is 0 Å². The molecule has 1 atom stereocenters. The van der Waals surface area contributed by atoms with E-state index >= 15 is 0 Å². The zero-order valence-electron chi connectivity index (χ0n) is 12.6. The molecule has 4 heteroatoms. The summed E-state index contributed by atoms with van der Waals surface area (Å²) >= 11 is 1.92. The lowest BCUT2D eigenvalue weighted by Gasteiger charge is -2.38. The maximum atomic E-state index is 6.10. The van der Waals surface area contributed by atoms with E-state index in [4.69, 9.17) is 9.47 Å². The summed E-state index contributed by atoms with van der Waals surface area (Å²) in [7, 11) is 0. The smallest absolute Gasteiger partial charge is 0.0836 e. The molecule has 0 unspecified atom stereocenters. The number of ether oxygens (including phenoxy) is 2. The Balaban J connectivity index is 1.50. The number of aryl methyl sites for hydroxylation is 1. The summed E-state index contributed by atoms with van der Waals surface area (Å²) in [5, 5.41) is 0. The predicted octanol–water partition coefficient (Wildman–Crippen LogP) is 3.22. The molecule has 0 radical (unpaired) electrons. The quantitative estimate of drug-likeness (QED) is 0.851. The van der Waals surface area contributed by atoms with E-state index in [1.165, 1.54) is 9.75 Å². The van der Waals surface area contributed by atoms with Crippen LogP contribution in [0.1, 0.15) is 35.9 Å². The first-order chi connectivity index (χ1) is 9.69. The van der Waals surface area contributed by atoms with Gasteiger partial charge in [0.05, 0.1) is 18.3 Å². The largest absolute Gasteiger partial charge is 0.376 e. The van der Waals surface area contributed by atoms with E-state index < -0.39 is 0 Å². The van der Waals surface area contributed by atoms with E-state index in [0.717, 1.165) is 52.1 Å². The molecular formula is C16H25NO2S. The van der Waals surface area contributed by atoms with Gasteiger partial charge in [0.15, 0.2) is 0 Å². The number of likely N-dealkylation sites (tertiary alicyclic amines) is 1. The van der Waals surface area contributed by atoms with E-state index in [0.29, 0.717) is 6.10 Å². The van der Waals surface area contributed by atoms with Crippen molar-refractivity contribution in [1.82, 2.24) is 4.90 Å². The van der Waals surface area contributed by atoms with Crippen LogP contribution in [-0.2, 0) is 16.0 Å². The second-order valence-electron chi connectivity index (χ2n) is 6.06. The Kier molecular flexibility index (Phi) is 4.46. The van der Waals surface area contributed by atoms with Gasteiger partial charge >= 0.3 is 0 Å². The lowest BCUT2D eigenvalue weighted by atomic mass is 9.88. The predicted molar refractivity (Wildman–Crippen MR) is 82.3 cm³/mol. The van der Waals surface area contributed by atoms with Gasteiger partial charge in [-0.25, -0.2) is 0 Å². The Morgan fingerprint density at radius 2 is 2.20 bits per heavy atom. The molecule has 1 aromatic heterocycles. The second kappa shape index (κ2) is 6.14. The Morgan fingerprint density at radius 1 is 1.40 bits per heavy atom. The summed E-state index contributed by atoms with van der Waals surface area (Å²) in [5.41, 5.74) is 0.113. The minimum absolute atomic E-state index is 0.113. The number of thiophene rings is 1. The zero-order chi connectivity index (χ0) is 14.0. The van der Waals surface area contributed by atoms with Gasteiger partial charge in [-0.05, 0) is 38.8 Å². The van der Waals surface area contributed by atoms with E-state index in [1.807, 2.05) is 11.3 Å². The number of hydrogen-bond donors (Lipinski definition) is 0. The third-order valence-corrected chi connectivity index (χ3v) is 5.51. The van der Waals surface area contributed by atoms with Crippen molar-refractivity contribution in [1.29, 1.82) is 0 Å². The highest BCUT2D eigenvalue weighted by Crippen LogP contribution is 2.37. The highest BCUT2D eigenvalue weighted by atomic mass is 32.1. The highest BCUT2D eigenvalue weighted by molar-refractivity contribution is 7.11. The lowest BCUT2D eigenvalue weighted by Crippen LogP contribution is -2.43.